The van der Waals surface area contributed by atoms with Gasteiger partial charge in [-0.05, 0) is 36.4 Å². The first-order chi connectivity index (χ1) is 13.8. The van der Waals surface area contributed by atoms with Gasteiger partial charge >= 0.3 is 0 Å². The topological polar surface area (TPSA) is 79.4 Å². The third-order valence-corrected chi connectivity index (χ3v) is 6.21. The largest absolute Gasteiger partial charge is 0.322 e. The van der Waals surface area contributed by atoms with Crippen LogP contribution < -0.4 is 10.2 Å². The molecule has 0 aliphatic carbocycles. The number of aromatic nitrogens is 1. The van der Waals surface area contributed by atoms with Crippen LogP contribution in [0, 0.1) is 5.92 Å². The highest BCUT2D eigenvalue weighted by molar-refractivity contribution is 7.18. The summed E-state index contributed by atoms with van der Waals surface area (Å²) in [7, 11) is 0. The summed E-state index contributed by atoms with van der Waals surface area (Å²) in [4.78, 5) is 42.9. The fourth-order valence-electron chi connectivity index (χ4n) is 3.31. The Hall–Kier alpha value is -3.06. The summed E-state index contributed by atoms with van der Waals surface area (Å²) in [6.07, 6.45) is 0.197. The lowest BCUT2D eigenvalue weighted by molar-refractivity contribution is -0.122. The Kier molecular flexibility index (Phi) is 4.92. The van der Waals surface area contributed by atoms with Crippen LogP contribution in [0.3, 0.4) is 0 Å². The monoisotopic (exact) mass is 407 g/mol. The number of imide groups is 1. The van der Waals surface area contributed by atoms with Crippen LogP contribution >= 0.6 is 11.3 Å². The number of carbonyl (C=O) groups is 3. The van der Waals surface area contributed by atoms with Gasteiger partial charge in [-0.25, -0.2) is 4.98 Å². The lowest BCUT2D eigenvalue weighted by atomic mass is 10.1. The normalized spacial score (nSPS) is 16.8. The first kappa shape index (κ1) is 19.3. The Morgan fingerprint density at radius 2 is 2.00 bits per heavy atom. The van der Waals surface area contributed by atoms with Gasteiger partial charge in [0.2, 0.25) is 11.8 Å². The highest BCUT2D eigenvalue weighted by Crippen LogP contribution is 2.30. The lowest BCUT2D eigenvalue weighted by Gasteiger charge is -2.15. The minimum absolute atomic E-state index is 0.197. The maximum absolute atomic E-state index is 12.7. The van der Waals surface area contributed by atoms with Crippen molar-refractivity contribution >= 4 is 50.6 Å². The fourth-order valence-corrected chi connectivity index (χ4v) is 4.32. The van der Waals surface area contributed by atoms with Crippen molar-refractivity contribution in [1.82, 2.24) is 4.98 Å². The number of fused-ring (bicyclic) bond motifs is 1. The van der Waals surface area contributed by atoms with Gasteiger partial charge in [0.15, 0.2) is 0 Å². The summed E-state index contributed by atoms with van der Waals surface area (Å²) in [5.41, 5.74) is 2.40. The van der Waals surface area contributed by atoms with E-state index in [-0.39, 0.29) is 30.1 Å². The summed E-state index contributed by atoms with van der Waals surface area (Å²) >= 11 is 1.62. The molecule has 1 aromatic heterocycles. The zero-order valence-corrected chi connectivity index (χ0v) is 17.2. The molecule has 7 heteroatoms. The lowest BCUT2D eigenvalue weighted by Crippen LogP contribution is -2.30. The van der Waals surface area contributed by atoms with Gasteiger partial charge in [-0.2, -0.15) is 0 Å². The van der Waals surface area contributed by atoms with Gasteiger partial charge < -0.3 is 5.32 Å². The van der Waals surface area contributed by atoms with Crippen LogP contribution in [0.25, 0.3) is 10.2 Å². The molecule has 2 heterocycles. The predicted octanol–water partition coefficient (Wildman–Crippen LogP) is 4.57. The fraction of sp³-hybridized carbons (Fsp3) is 0.273. The van der Waals surface area contributed by atoms with E-state index in [4.69, 9.17) is 0 Å². The number of hydrogen-bond donors (Lipinski definition) is 1. The second-order valence-corrected chi connectivity index (χ2v) is 8.63. The summed E-state index contributed by atoms with van der Waals surface area (Å²) in [5.74, 6) is -0.749. The molecule has 1 aliphatic heterocycles. The zero-order valence-electron chi connectivity index (χ0n) is 16.4. The van der Waals surface area contributed by atoms with Crippen LogP contribution in [0.15, 0.2) is 42.5 Å². The summed E-state index contributed by atoms with van der Waals surface area (Å²) < 4.78 is 1.02. The Labute approximate surface area is 172 Å². The van der Waals surface area contributed by atoms with E-state index in [1.807, 2.05) is 18.2 Å². The second-order valence-electron chi connectivity index (χ2n) is 7.57. The molecule has 1 N–H and O–H groups in total. The van der Waals surface area contributed by atoms with Crippen molar-refractivity contribution in [3.63, 3.8) is 0 Å². The maximum atomic E-state index is 12.7. The second kappa shape index (κ2) is 7.40. The molecule has 1 atom stereocenters. The molecule has 4 rings (SSSR count). The number of nitrogens with one attached hydrogen (secondary N) is 1. The van der Waals surface area contributed by atoms with E-state index in [0.717, 1.165) is 20.1 Å². The van der Waals surface area contributed by atoms with Crippen molar-refractivity contribution in [2.45, 2.75) is 33.1 Å². The molecule has 0 unspecified atom stereocenters. The number of rotatable bonds is 4. The quantitative estimate of drug-likeness (QED) is 0.643. The maximum Gasteiger partial charge on any atom is 0.255 e. The van der Waals surface area contributed by atoms with E-state index >= 15 is 0 Å². The van der Waals surface area contributed by atoms with Crippen molar-refractivity contribution < 1.29 is 14.4 Å². The van der Waals surface area contributed by atoms with Gasteiger partial charge in [0.1, 0.15) is 0 Å². The molecule has 1 fully saturated rings. The van der Waals surface area contributed by atoms with Gasteiger partial charge in [-0.1, -0.05) is 26.8 Å². The first-order valence-electron chi connectivity index (χ1n) is 9.52. The highest BCUT2D eigenvalue weighted by Gasteiger charge is 2.36. The average Bonchev–Trinajstić information content (AvgIpc) is 3.22. The van der Waals surface area contributed by atoms with Crippen molar-refractivity contribution in [3.8, 4) is 0 Å². The van der Waals surface area contributed by atoms with E-state index < -0.39 is 0 Å². The molecule has 1 aliphatic rings. The summed E-state index contributed by atoms with van der Waals surface area (Å²) in [5, 5.41) is 3.95. The number of nitrogens with zero attached hydrogens (tertiary/aromatic N) is 2. The minimum atomic E-state index is -0.332. The number of thiazole rings is 1. The predicted molar refractivity (Wildman–Crippen MR) is 114 cm³/mol. The van der Waals surface area contributed by atoms with Crippen LogP contribution in [-0.4, -0.2) is 22.7 Å². The van der Waals surface area contributed by atoms with Crippen LogP contribution in [0.4, 0.5) is 11.4 Å². The van der Waals surface area contributed by atoms with Gasteiger partial charge in [0, 0.05) is 29.5 Å². The van der Waals surface area contributed by atoms with E-state index in [1.54, 1.807) is 42.5 Å². The summed E-state index contributed by atoms with van der Waals surface area (Å²) in [6, 6.07) is 12.2. The first-order valence-corrected chi connectivity index (χ1v) is 10.3. The van der Waals surface area contributed by atoms with Gasteiger partial charge in [-0.3, -0.25) is 19.3 Å². The molecule has 0 saturated carbocycles. The van der Waals surface area contributed by atoms with Crippen LogP contribution in [0.1, 0.15) is 48.5 Å². The molecule has 0 radical (unpaired) electrons. The van der Waals surface area contributed by atoms with Crippen molar-refractivity contribution in [2.24, 2.45) is 5.92 Å². The third-order valence-electron chi connectivity index (χ3n) is 4.90. The average molecular weight is 407 g/mol. The molecule has 2 aromatic carbocycles. The van der Waals surface area contributed by atoms with Crippen LogP contribution in [0.2, 0.25) is 0 Å². The number of amides is 3. The van der Waals surface area contributed by atoms with Crippen molar-refractivity contribution in [1.29, 1.82) is 0 Å². The minimum Gasteiger partial charge on any atom is -0.322 e. The summed E-state index contributed by atoms with van der Waals surface area (Å²) in [6.45, 7) is 5.94. The Balaban J connectivity index is 1.57. The van der Waals surface area contributed by atoms with Gasteiger partial charge in [-0.15, -0.1) is 11.3 Å². The standard InChI is InChI=1S/C22H21N3O3S/c1-12(2)21-24-17-8-7-15(11-18(17)29-21)23-20(27)14-5-4-6-16(10-14)25-19(26)9-13(3)22(25)28/h4-8,10-13H,9H2,1-3H3,(H,23,27)/t13-/m0/s1. The molecule has 1 saturated heterocycles. The SMILES string of the molecule is CC(C)c1nc2ccc(NC(=O)c3cccc(N4C(=O)C[C@H](C)C4=O)c3)cc2s1. The molecule has 0 bridgehead atoms. The smallest absolute Gasteiger partial charge is 0.255 e. The van der Waals surface area contributed by atoms with Crippen molar-refractivity contribution in [3.05, 3.63) is 53.0 Å². The number of benzene rings is 2. The molecule has 148 valence electrons. The molecule has 3 aromatic rings. The molecule has 3 amide bonds. The highest BCUT2D eigenvalue weighted by atomic mass is 32.1. The van der Waals surface area contributed by atoms with Crippen LogP contribution in [0.5, 0.6) is 0 Å². The van der Waals surface area contributed by atoms with E-state index in [1.165, 1.54) is 0 Å². The number of hydrogen-bond acceptors (Lipinski definition) is 5. The number of anilines is 2. The number of carbonyl (C=O) groups excluding carboxylic acids is 3. The molecule has 0 spiro atoms. The molecule has 29 heavy (non-hydrogen) atoms. The van der Waals surface area contributed by atoms with E-state index in [0.29, 0.717) is 22.9 Å². The van der Waals surface area contributed by atoms with Crippen LogP contribution in [-0.2, 0) is 9.59 Å². The molecular weight excluding hydrogens is 386 g/mol. The van der Waals surface area contributed by atoms with E-state index in [2.05, 4.69) is 24.1 Å². The van der Waals surface area contributed by atoms with Gasteiger partial charge in [0.25, 0.3) is 5.91 Å². The Bertz CT molecular complexity index is 1140. The molecular formula is C22H21N3O3S. The van der Waals surface area contributed by atoms with Crippen molar-refractivity contribution in [2.75, 3.05) is 10.2 Å². The van der Waals surface area contributed by atoms with E-state index in [9.17, 15) is 14.4 Å². The third kappa shape index (κ3) is 3.65. The molecule has 6 nitrogen and oxygen atoms in total. The van der Waals surface area contributed by atoms with Gasteiger partial charge in [0.05, 0.1) is 20.9 Å². The Morgan fingerprint density at radius 3 is 2.69 bits per heavy atom. The Morgan fingerprint density at radius 1 is 1.21 bits per heavy atom. The zero-order chi connectivity index (χ0) is 20.7.